The topological polar surface area (TPSA) is 58.2 Å². The van der Waals surface area contributed by atoms with Gasteiger partial charge in [-0.3, -0.25) is 9.59 Å². The Balaban J connectivity index is 1.79. The Bertz CT molecular complexity index is 517. The second-order valence-electron chi connectivity index (χ2n) is 6.38. The highest BCUT2D eigenvalue weighted by Gasteiger charge is 2.29. The molecule has 1 aliphatic carbocycles. The molecule has 0 saturated heterocycles. The van der Waals surface area contributed by atoms with Crippen LogP contribution >= 0.6 is 0 Å². The quantitative estimate of drug-likeness (QED) is 0.843. The first-order chi connectivity index (χ1) is 11.1. The zero-order valence-corrected chi connectivity index (χ0v) is 14.2. The summed E-state index contributed by atoms with van der Waals surface area (Å²) in [5.74, 6) is 0.341. The number of anilines is 1. The summed E-state index contributed by atoms with van der Waals surface area (Å²) in [6, 6.07) is 8.01. The van der Waals surface area contributed by atoms with Crippen LogP contribution in [0.3, 0.4) is 0 Å². The lowest BCUT2D eigenvalue weighted by molar-refractivity contribution is -0.128. The number of amides is 2. The Kier molecular flexibility index (Phi) is 6.63. The van der Waals surface area contributed by atoms with E-state index in [1.54, 1.807) is 0 Å². The number of aryl methyl sites for hydroxylation is 1. The fourth-order valence-electron chi connectivity index (χ4n) is 3.08. The molecule has 2 amide bonds. The summed E-state index contributed by atoms with van der Waals surface area (Å²) in [6.07, 6.45) is 5.16. The Hall–Kier alpha value is -1.84. The lowest BCUT2D eigenvalue weighted by Crippen LogP contribution is -2.35. The minimum absolute atomic E-state index is 0.0241. The molecule has 1 aromatic carbocycles. The number of nitrogens with one attached hydrogen (secondary N) is 2. The van der Waals surface area contributed by atoms with Crippen LogP contribution in [0, 0.1) is 11.8 Å². The molecule has 0 spiro atoms. The van der Waals surface area contributed by atoms with Crippen molar-refractivity contribution in [2.24, 2.45) is 11.8 Å². The van der Waals surface area contributed by atoms with Crippen molar-refractivity contribution in [1.29, 1.82) is 0 Å². The average Bonchev–Trinajstić information content (AvgIpc) is 2.60. The second kappa shape index (κ2) is 8.70. The van der Waals surface area contributed by atoms with Crippen molar-refractivity contribution in [2.75, 3.05) is 11.9 Å². The number of carbonyl (C=O) groups is 2. The van der Waals surface area contributed by atoms with Gasteiger partial charge in [-0.05, 0) is 56.2 Å². The standard InChI is InChI=1S/C19H28N2O2/c1-3-13-20-18(22)15-7-9-16(10-8-15)19(23)21-17-11-5-14(4-2)6-12-17/h5-6,11-12,15-16H,3-4,7-10,13H2,1-2H3,(H,20,22)(H,21,23). The molecule has 2 N–H and O–H groups in total. The third kappa shape index (κ3) is 5.08. The van der Waals surface area contributed by atoms with E-state index in [2.05, 4.69) is 24.5 Å². The van der Waals surface area contributed by atoms with E-state index in [-0.39, 0.29) is 23.7 Å². The van der Waals surface area contributed by atoms with E-state index >= 15 is 0 Å². The van der Waals surface area contributed by atoms with Gasteiger partial charge in [0, 0.05) is 24.1 Å². The van der Waals surface area contributed by atoms with Crippen molar-refractivity contribution in [1.82, 2.24) is 5.32 Å². The molecular weight excluding hydrogens is 288 g/mol. The first-order valence-electron chi connectivity index (χ1n) is 8.81. The first kappa shape index (κ1) is 17.5. The Morgan fingerprint density at radius 2 is 1.52 bits per heavy atom. The van der Waals surface area contributed by atoms with Crippen LogP contribution in [0.1, 0.15) is 51.5 Å². The van der Waals surface area contributed by atoms with Gasteiger partial charge in [-0.2, -0.15) is 0 Å². The molecule has 1 aromatic rings. The molecule has 1 fully saturated rings. The van der Waals surface area contributed by atoms with Crippen LogP contribution in [0.25, 0.3) is 0 Å². The molecular formula is C19H28N2O2. The molecule has 126 valence electrons. The van der Waals surface area contributed by atoms with Crippen LogP contribution in [0.5, 0.6) is 0 Å². The maximum Gasteiger partial charge on any atom is 0.227 e. The highest BCUT2D eigenvalue weighted by atomic mass is 16.2. The van der Waals surface area contributed by atoms with Gasteiger partial charge in [0.1, 0.15) is 0 Å². The molecule has 0 atom stereocenters. The predicted molar refractivity (Wildman–Crippen MR) is 93.2 cm³/mol. The highest BCUT2D eigenvalue weighted by Crippen LogP contribution is 2.29. The van der Waals surface area contributed by atoms with Gasteiger partial charge in [-0.15, -0.1) is 0 Å². The third-order valence-corrected chi connectivity index (χ3v) is 4.65. The van der Waals surface area contributed by atoms with Gasteiger partial charge in [0.2, 0.25) is 11.8 Å². The van der Waals surface area contributed by atoms with Crippen molar-refractivity contribution < 1.29 is 9.59 Å². The van der Waals surface area contributed by atoms with E-state index < -0.39 is 0 Å². The summed E-state index contributed by atoms with van der Waals surface area (Å²) in [5.41, 5.74) is 2.12. The fourth-order valence-corrected chi connectivity index (χ4v) is 3.08. The van der Waals surface area contributed by atoms with Gasteiger partial charge < -0.3 is 10.6 Å². The Morgan fingerprint density at radius 3 is 2.04 bits per heavy atom. The normalized spacial score (nSPS) is 20.8. The molecule has 23 heavy (non-hydrogen) atoms. The zero-order chi connectivity index (χ0) is 16.7. The summed E-state index contributed by atoms with van der Waals surface area (Å²) in [6.45, 7) is 4.91. The minimum atomic E-state index is 0.0241. The number of benzene rings is 1. The Labute approximate surface area is 139 Å². The molecule has 0 aliphatic heterocycles. The molecule has 1 aliphatic rings. The number of carbonyl (C=O) groups excluding carboxylic acids is 2. The van der Waals surface area contributed by atoms with Gasteiger partial charge in [0.05, 0.1) is 0 Å². The van der Waals surface area contributed by atoms with Gasteiger partial charge in [0.15, 0.2) is 0 Å². The summed E-state index contributed by atoms with van der Waals surface area (Å²) < 4.78 is 0. The summed E-state index contributed by atoms with van der Waals surface area (Å²) in [4.78, 5) is 24.3. The second-order valence-corrected chi connectivity index (χ2v) is 6.38. The molecule has 2 rings (SSSR count). The van der Waals surface area contributed by atoms with Crippen LogP contribution in [0.2, 0.25) is 0 Å². The van der Waals surface area contributed by atoms with Crippen LogP contribution in [-0.2, 0) is 16.0 Å². The molecule has 4 heteroatoms. The molecule has 0 unspecified atom stereocenters. The van der Waals surface area contributed by atoms with Crippen LogP contribution in [-0.4, -0.2) is 18.4 Å². The average molecular weight is 316 g/mol. The minimum Gasteiger partial charge on any atom is -0.356 e. The number of hydrogen-bond acceptors (Lipinski definition) is 2. The van der Waals surface area contributed by atoms with E-state index in [0.29, 0.717) is 0 Å². The number of hydrogen-bond donors (Lipinski definition) is 2. The SMILES string of the molecule is CCCNC(=O)C1CCC(C(=O)Nc2ccc(CC)cc2)CC1. The van der Waals surface area contributed by atoms with Crippen LogP contribution in [0.4, 0.5) is 5.69 Å². The van der Waals surface area contributed by atoms with Gasteiger partial charge in [-0.25, -0.2) is 0 Å². The van der Waals surface area contributed by atoms with Crippen molar-refractivity contribution in [3.63, 3.8) is 0 Å². The molecule has 4 nitrogen and oxygen atoms in total. The maximum absolute atomic E-state index is 12.4. The van der Waals surface area contributed by atoms with Crippen molar-refractivity contribution in [3.05, 3.63) is 29.8 Å². The maximum atomic E-state index is 12.4. The lowest BCUT2D eigenvalue weighted by atomic mass is 9.81. The molecule has 0 bridgehead atoms. The summed E-state index contributed by atoms with van der Waals surface area (Å²) in [7, 11) is 0. The van der Waals surface area contributed by atoms with Crippen molar-refractivity contribution in [2.45, 2.75) is 52.4 Å². The van der Waals surface area contributed by atoms with Crippen molar-refractivity contribution >= 4 is 17.5 Å². The van der Waals surface area contributed by atoms with E-state index in [1.165, 1.54) is 5.56 Å². The fraction of sp³-hybridized carbons (Fsp3) is 0.579. The van der Waals surface area contributed by atoms with E-state index in [0.717, 1.165) is 50.8 Å². The highest BCUT2D eigenvalue weighted by molar-refractivity contribution is 5.92. The van der Waals surface area contributed by atoms with Crippen LogP contribution in [0.15, 0.2) is 24.3 Å². The molecule has 0 heterocycles. The molecule has 1 saturated carbocycles. The van der Waals surface area contributed by atoms with Gasteiger partial charge >= 0.3 is 0 Å². The number of rotatable bonds is 6. The lowest BCUT2D eigenvalue weighted by Gasteiger charge is -2.27. The molecule has 0 aromatic heterocycles. The van der Waals surface area contributed by atoms with E-state index in [4.69, 9.17) is 0 Å². The Morgan fingerprint density at radius 1 is 0.957 bits per heavy atom. The van der Waals surface area contributed by atoms with E-state index in [9.17, 15) is 9.59 Å². The monoisotopic (exact) mass is 316 g/mol. The smallest absolute Gasteiger partial charge is 0.227 e. The third-order valence-electron chi connectivity index (χ3n) is 4.65. The molecule has 0 radical (unpaired) electrons. The van der Waals surface area contributed by atoms with Gasteiger partial charge in [0.25, 0.3) is 0 Å². The zero-order valence-electron chi connectivity index (χ0n) is 14.2. The van der Waals surface area contributed by atoms with Crippen LogP contribution < -0.4 is 10.6 Å². The van der Waals surface area contributed by atoms with E-state index in [1.807, 2.05) is 24.3 Å². The predicted octanol–water partition coefficient (Wildman–Crippen LogP) is 3.52. The summed E-state index contributed by atoms with van der Waals surface area (Å²) in [5, 5.41) is 5.96. The summed E-state index contributed by atoms with van der Waals surface area (Å²) >= 11 is 0. The van der Waals surface area contributed by atoms with Gasteiger partial charge in [-0.1, -0.05) is 26.0 Å². The van der Waals surface area contributed by atoms with Crippen molar-refractivity contribution in [3.8, 4) is 0 Å². The first-order valence-corrected chi connectivity index (χ1v) is 8.81. The largest absolute Gasteiger partial charge is 0.356 e.